The second-order valence-electron chi connectivity index (χ2n) is 5.84. The third kappa shape index (κ3) is 3.53. The van der Waals surface area contributed by atoms with Crippen LogP contribution in [-0.2, 0) is 0 Å². The fourth-order valence-corrected chi connectivity index (χ4v) is 3.37. The van der Waals surface area contributed by atoms with Crippen molar-refractivity contribution in [3.8, 4) is 0 Å². The van der Waals surface area contributed by atoms with Gasteiger partial charge >= 0.3 is 0 Å². The van der Waals surface area contributed by atoms with Crippen molar-refractivity contribution in [1.29, 1.82) is 0 Å². The Bertz CT molecular complexity index is 549. The van der Waals surface area contributed by atoms with Gasteiger partial charge in [-0.15, -0.1) is 11.6 Å². The van der Waals surface area contributed by atoms with Gasteiger partial charge in [0.1, 0.15) is 5.56 Å². The number of alkyl halides is 1. The van der Waals surface area contributed by atoms with Crippen LogP contribution in [0.15, 0.2) is 24.3 Å². The summed E-state index contributed by atoms with van der Waals surface area (Å²) >= 11 is 6.09. The molecule has 2 rings (SSSR count). The van der Waals surface area contributed by atoms with E-state index in [0.29, 0.717) is 11.8 Å². The molecule has 0 aromatic heterocycles. The summed E-state index contributed by atoms with van der Waals surface area (Å²) in [4.78, 5) is 22.9. The van der Waals surface area contributed by atoms with Crippen molar-refractivity contribution in [1.82, 2.24) is 5.32 Å². The molecule has 0 spiro atoms. The number of nitrogens with zero attached hydrogens (tertiary/aromatic N) is 1. The van der Waals surface area contributed by atoms with E-state index in [1.807, 2.05) is 0 Å². The lowest BCUT2D eigenvalue weighted by molar-refractivity contribution is -0.385. The SMILES string of the molecule is CC1CCCC(CCl)(NC(=O)c2ccccc2[N+](=O)[O-])C1. The van der Waals surface area contributed by atoms with Gasteiger partial charge in [-0.05, 0) is 24.8 Å². The monoisotopic (exact) mass is 310 g/mol. The van der Waals surface area contributed by atoms with Crippen molar-refractivity contribution in [2.75, 3.05) is 5.88 Å². The van der Waals surface area contributed by atoms with Gasteiger partial charge in [0, 0.05) is 11.9 Å². The third-order valence-electron chi connectivity index (χ3n) is 4.07. The molecule has 1 fully saturated rings. The van der Waals surface area contributed by atoms with Gasteiger partial charge in [0.15, 0.2) is 0 Å². The van der Waals surface area contributed by atoms with Gasteiger partial charge in [-0.1, -0.05) is 31.9 Å². The molecular formula is C15H19ClN2O3. The zero-order valence-corrected chi connectivity index (χ0v) is 12.7. The number of rotatable bonds is 4. The number of benzene rings is 1. The Hall–Kier alpha value is -1.62. The highest BCUT2D eigenvalue weighted by Gasteiger charge is 2.36. The van der Waals surface area contributed by atoms with Gasteiger partial charge in [-0.2, -0.15) is 0 Å². The normalized spacial score (nSPS) is 25.3. The van der Waals surface area contributed by atoms with Gasteiger partial charge in [-0.3, -0.25) is 14.9 Å². The highest BCUT2D eigenvalue weighted by Crippen LogP contribution is 2.33. The first kappa shape index (κ1) is 15.8. The predicted molar refractivity (Wildman–Crippen MR) is 81.6 cm³/mol. The number of amides is 1. The lowest BCUT2D eigenvalue weighted by Crippen LogP contribution is -2.52. The average Bonchev–Trinajstić information content (AvgIpc) is 2.47. The molecule has 1 aromatic carbocycles. The molecule has 0 radical (unpaired) electrons. The molecule has 1 saturated carbocycles. The van der Waals surface area contributed by atoms with Gasteiger partial charge in [0.05, 0.1) is 10.5 Å². The number of hydrogen-bond donors (Lipinski definition) is 1. The minimum absolute atomic E-state index is 0.0882. The summed E-state index contributed by atoms with van der Waals surface area (Å²) in [5, 5.41) is 14.0. The Balaban J connectivity index is 2.22. The molecule has 114 valence electrons. The minimum atomic E-state index is -0.536. The molecule has 5 nitrogen and oxygen atoms in total. The van der Waals surface area contributed by atoms with Crippen molar-refractivity contribution in [3.05, 3.63) is 39.9 Å². The van der Waals surface area contributed by atoms with E-state index in [-0.39, 0.29) is 11.3 Å². The van der Waals surface area contributed by atoms with Crippen LogP contribution in [-0.4, -0.2) is 22.2 Å². The van der Waals surface area contributed by atoms with Crippen LogP contribution in [0.5, 0.6) is 0 Å². The summed E-state index contributed by atoms with van der Waals surface area (Å²) in [5.74, 6) is 0.393. The molecule has 1 amide bonds. The van der Waals surface area contributed by atoms with E-state index >= 15 is 0 Å². The van der Waals surface area contributed by atoms with Crippen LogP contribution in [0.25, 0.3) is 0 Å². The first-order valence-corrected chi connectivity index (χ1v) is 7.63. The molecular weight excluding hydrogens is 292 g/mol. The van der Waals surface area contributed by atoms with Crippen LogP contribution >= 0.6 is 11.6 Å². The Labute approximate surface area is 128 Å². The topological polar surface area (TPSA) is 72.2 Å². The number of hydrogen-bond acceptors (Lipinski definition) is 3. The lowest BCUT2D eigenvalue weighted by atomic mass is 9.77. The second-order valence-corrected chi connectivity index (χ2v) is 6.11. The average molecular weight is 311 g/mol. The molecule has 1 aliphatic carbocycles. The van der Waals surface area contributed by atoms with Gasteiger partial charge in [-0.25, -0.2) is 0 Å². The van der Waals surface area contributed by atoms with Crippen molar-refractivity contribution >= 4 is 23.2 Å². The standard InChI is InChI=1S/C15H19ClN2O3/c1-11-5-4-8-15(9-11,10-16)17-14(19)12-6-2-3-7-13(12)18(20)21/h2-3,6-7,11H,4-5,8-10H2,1H3,(H,17,19). The van der Waals surface area contributed by atoms with E-state index in [9.17, 15) is 14.9 Å². The summed E-state index contributed by atoms with van der Waals surface area (Å²) in [7, 11) is 0. The first-order valence-electron chi connectivity index (χ1n) is 7.09. The van der Waals surface area contributed by atoms with E-state index in [4.69, 9.17) is 11.6 Å². The highest BCUT2D eigenvalue weighted by molar-refractivity contribution is 6.19. The van der Waals surface area contributed by atoms with E-state index in [0.717, 1.165) is 25.7 Å². The predicted octanol–water partition coefficient (Wildman–Crippen LogP) is 3.51. The van der Waals surface area contributed by atoms with Crippen molar-refractivity contribution < 1.29 is 9.72 Å². The molecule has 21 heavy (non-hydrogen) atoms. The van der Waals surface area contributed by atoms with Gasteiger partial charge < -0.3 is 5.32 Å². The fraction of sp³-hybridized carbons (Fsp3) is 0.533. The quantitative estimate of drug-likeness (QED) is 0.525. The molecule has 0 saturated heterocycles. The number of para-hydroxylation sites is 1. The first-order chi connectivity index (χ1) is 9.97. The molecule has 1 aliphatic rings. The summed E-state index contributed by atoms with van der Waals surface area (Å²) in [5.41, 5.74) is -0.547. The van der Waals surface area contributed by atoms with E-state index in [1.165, 1.54) is 12.1 Å². The Kier molecular flexibility index (Phi) is 4.83. The number of nitro groups is 1. The summed E-state index contributed by atoms with van der Waals surface area (Å²) in [6, 6.07) is 5.99. The van der Waals surface area contributed by atoms with Gasteiger partial charge in [0.2, 0.25) is 0 Å². The number of carbonyl (C=O) groups excluding carboxylic acids is 1. The third-order valence-corrected chi connectivity index (χ3v) is 4.58. The molecule has 2 unspecified atom stereocenters. The van der Waals surface area contributed by atoms with Crippen LogP contribution in [0.4, 0.5) is 5.69 Å². The summed E-state index contributed by atoms with van der Waals surface area (Å²) in [6.45, 7) is 2.14. The zero-order chi connectivity index (χ0) is 15.5. The smallest absolute Gasteiger partial charge is 0.282 e. The Morgan fingerprint density at radius 3 is 2.86 bits per heavy atom. The summed E-state index contributed by atoms with van der Waals surface area (Å²) < 4.78 is 0. The molecule has 2 atom stereocenters. The number of carbonyl (C=O) groups is 1. The summed E-state index contributed by atoms with van der Waals surface area (Å²) in [6.07, 6.45) is 3.75. The molecule has 0 heterocycles. The van der Waals surface area contributed by atoms with Crippen LogP contribution in [0, 0.1) is 16.0 Å². The van der Waals surface area contributed by atoms with E-state index in [1.54, 1.807) is 12.1 Å². The molecule has 1 aromatic rings. The molecule has 0 bridgehead atoms. The molecule has 0 aliphatic heterocycles. The number of nitrogens with one attached hydrogen (secondary N) is 1. The van der Waals surface area contributed by atoms with Crippen molar-refractivity contribution in [3.63, 3.8) is 0 Å². The largest absolute Gasteiger partial charge is 0.345 e. The minimum Gasteiger partial charge on any atom is -0.345 e. The lowest BCUT2D eigenvalue weighted by Gasteiger charge is -2.39. The van der Waals surface area contributed by atoms with Crippen molar-refractivity contribution in [2.24, 2.45) is 5.92 Å². The Morgan fingerprint density at radius 2 is 2.24 bits per heavy atom. The fourth-order valence-electron chi connectivity index (χ4n) is 3.06. The maximum atomic E-state index is 12.4. The Morgan fingerprint density at radius 1 is 1.52 bits per heavy atom. The number of halogens is 1. The highest BCUT2D eigenvalue weighted by atomic mass is 35.5. The van der Waals surface area contributed by atoms with E-state index in [2.05, 4.69) is 12.2 Å². The molecule has 1 N–H and O–H groups in total. The van der Waals surface area contributed by atoms with Gasteiger partial charge in [0.25, 0.3) is 11.6 Å². The van der Waals surface area contributed by atoms with Crippen molar-refractivity contribution in [2.45, 2.75) is 38.1 Å². The van der Waals surface area contributed by atoms with Crippen LogP contribution < -0.4 is 5.32 Å². The van der Waals surface area contributed by atoms with Crippen LogP contribution in [0.1, 0.15) is 43.0 Å². The second kappa shape index (κ2) is 6.43. The van der Waals surface area contributed by atoms with Crippen LogP contribution in [0.3, 0.4) is 0 Å². The number of nitro benzene ring substituents is 1. The maximum absolute atomic E-state index is 12.4. The van der Waals surface area contributed by atoms with E-state index < -0.39 is 16.4 Å². The zero-order valence-electron chi connectivity index (χ0n) is 12.0. The van der Waals surface area contributed by atoms with Crippen LogP contribution in [0.2, 0.25) is 0 Å². The maximum Gasteiger partial charge on any atom is 0.282 e. The molecule has 6 heteroatoms.